The Morgan fingerprint density at radius 1 is 1.00 bits per heavy atom. The Morgan fingerprint density at radius 2 is 1.70 bits per heavy atom. The smallest absolute Gasteiger partial charge is 0.257 e. The first-order chi connectivity index (χ1) is 13.1. The molecule has 3 rings (SSSR count). The first-order valence-electron chi connectivity index (χ1n) is 8.99. The fraction of sp³-hybridized carbons (Fsp3) is 0.333. The molecular weight excluding hydrogens is 344 g/mol. The van der Waals surface area contributed by atoms with Gasteiger partial charge in [0.2, 0.25) is 5.91 Å². The number of amides is 2. The van der Waals surface area contributed by atoms with Crippen LogP contribution < -0.4 is 14.8 Å². The van der Waals surface area contributed by atoms with Gasteiger partial charge in [0.05, 0.1) is 19.8 Å². The van der Waals surface area contributed by atoms with Gasteiger partial charge in [0, 0.05) is 24.7 Å². The van der Waals surface area contributed by atoms with Crippen molar-refractivity contribution in [2.75, 3.05) is 32.6 Å². The lowest BCUT2D eigenvalue weighted by Gasteiger charge is -2.31. The van der Waals surface area contributed by atoms with E-state index in [9.17, 15) is 9.59 Å². The number of hydrogen-bond acceptors (Lipinski definition) is 4. The second-order valence-electron chi connectivity index (χ2n) is 6.49. The molecule has 0 aromatic heterocycles. The number of anilines is 1. The summed E-state index contributed by atoms with van der Waals surface area (Å²) in [6.07, 6.45) is 1.27. The van der Waals surface area contributed by atoms with Crippen LogP contribution in [0, 0.1) is 5.92 Å². The van der Waals surface area contributed by atoms with E-state index in [1.807, 2.05) is 30.3 Å². The summed E-state index contributed by atoms with van der Waals surface area (Å²) >= 11 is 0. The van der Waals surface area contributed by atoms with Crippen molar-refractivity contribution in [2.45, 2.75) is 12.8 Å². The minimum Gasteiger partial charge on any atom is -0.497 e. The van der Waals surface area contributed by atoms with Crippen LogP contribution in [0.15, 0.2) is 48.5 Å². The first-order valence-corrected chi connectivity index (χ1v) is 8.99. The van der Waals surface area contributed by atoms with Gasteiger partial charge in [0.15, 0.2) is 0 Å². The molecule has 0 radical (unpaired) electrons. The minimum atomic E-state index is -0.104. The Morgan fingerprint density at radius 3 is 2.33 bits per heavy atom. The molecule has 2 aromatic carbocycles. The molecule has 2 aromatic rings. The van der Waals surface area contributed by atoms with E-state index in [1.165, 1.54) is 0 Å². The molecule has 6 nitrogen and oxygen atoms in total. The van der Waals surface area contributed by atoms with Crippen LogP contribution in [0.5, 0.6) is 11.5 Å². The summed E-state index contributed by atoms with van der Waals surface area (Å²) < 4.78 is 10.5. The van der Waals surface area contributed by atoms with Crippen LogP contribution in [-0.2, 0) is 4.79 Å². The van der Waals surface area contributed by atoms with Crippen molar-refractivity contribution in [3.63, 3.8) is 0 Å². The second-order valence-corrected chi connectivity index (χ2v) is 6.49. The molecule has 0 spiro atoms. The second kappa shape index (κ2) is 8.58. The van der Waals surface area contributed by atoms with Gasteiger partial charge in [-0.2, -0.15) is 0 Å². The normalized spacial score (nSPS) is 14.5. The molecule has 142 valence electrons. The van der Waals surface area contributed by atoms with Crippen LogP contribution in [0.3, 0.4) is 0 Å². The van der Waals surface area contributed by atoms with Gasteiger partial charge in [-0.3, -0.25) is 9.59 Å². The van der Waals surface area contributed by atoms with E-state index in [0.717, 1.165) is 5.69 Å². The summed E-state index contributed by atoms with van der Waals surface area (Å²) in [4.78, 5) is 27.1. The molecule has 0 aliphatic carbocycles. The standard InChI is InChI=1S/C21H24N2O4/c1-26-17-8-9-19(27-2)18(14-17)21(25)23-12-10-15(11-13-23)20(24)22-16-6-4-3-5-7-16/h3-9,14-15H,10-13H2,1-2H3,(H,22,24). The summed E-state index contributed by atoms with van der Waals surface area (Å²) in [6, 6.07) is 14.6. The van der Waals surface area contributed by atoms with E-state index in [4.69, 9.17) is 9.47 Å². The zero-order chi connectivity index (χ0) is 19.2. The lowest BCUT2D eigenvalue weighted by Crippen LogP contribution is -2.41. The number of carbonyl (C=O) groups is 2. The highest BCUT2D eigenvalue weighted by Gasteiger charge is 2.29. The van der Waals surface area contributed by atoms with Crippen molar-refractivity contribution in [3.8, 4) is 11.5 Å². The molecule has 0 unspecified atom stereocenters. The Balaban J connectivity index is 1.62. The van der Waals surface area contributed by atoms with Gasteiger partial charge in [0.25, 0.3) is 5.91 Å². The number of rotatable bonds is 5. The fourth-order valence-electron chi connectivity index (χ4n) is 3.26. The summed E-state index contributed by atoms with van der Waals surface area (Å²) in [5.41, 5.74) is 1.27. The van der Waals surface area contributed by atoms with Crippen LogP contribution in [0.1, 0.15) is 23.2 Å². The van der Waals surface area contributed by atoms with Crippen molar-refractivity contribution < 1.29 is 19.1 Å². The van der Waals surface area contributed by atoms with Gasteiger partial charge in [-0.05, 0) is 43.2 Å². The maximum absolute atomic E-state index is 12.9. The molecule has 1 N–H and O–H groups in total. The number of para-hydroxylation sites is 1. The number of nitrogens with zero attached hydrogens (tertiary/aromatic N) is 1. The summed E-state index contributed by atoms with van der Waals surface area (Å²) in [6.45, 7) is 1.07. The molecule has 6 heteroatoms. The van der Waals surface area contributed by atoms with Crippen molar-refractivity contribution in [2.24, 2.45) is 5.92 Å². The van der Waals surface area contributed by atoms with E-state index >= 15 is 0 Å². The molecular formula is C21H24N2O4. The maximum Gasteiger partial charge on any atom is 0.257 e. The Bertz CT molecular complexity index is 799. The SMILES string of the molecule is COc1ccc(OC)c(C(=O)N2CCC(C(=O)Nc3ccccc3)CC2)c1. The third kappa shape index (κ3) is 4.39. The average Bonchev–Trinajstić information content (AvgIpc) is 2.73. The molecule has 0 atom stereocenters. The van der Waals surface area contributed by atoms with Gasteiger partial charge in [0.1, 0.15) is 11.5 Å². The van der Waals surface area contributed by atoms with E-state index in [0.29, 0.717) is 43.0 Å². The van der Waals surface area contributed by atoms with Crippen molar-refractivity contribution in [1.82, 2.24) is 4.90 Å². The lowest BCUT2D eigenvalue weighted by molar-refractivity contribution is -0.121. The van der Waals surface area contributed by atoms with Crippen LogP contribution in [0.2, 0.25) is 0 Å². The number of methoxy groups -OCH3 is 2. The van der Waals surface area contributed by atoms with E-state index < -0.39 is 0 Å². The number of ether oxygens (including phenoxy) is 2. The highest BCUT2D eigenvalue weighted by Crippen LogP contribution is 2.27. The maximum atomic E-state index is 12.9. The highest BCUT2D eigenvalue weighted by molar-refractivity contribution is 5.98. The number of carbonyl (C=O) groups excluding carboxylic acids is 2. The fourth-order valence-corrected chi connectivity index (χ4v) is 3.26. The minimum absolute atomic E-state index is 0.00672. The Kier molecular flexibility index (Phi) is 5.96. The average molecular weight is 368 g/mol. The van der Waals surface area contributed by atoms with Crippen molar-refractivity contribution in [3.05, 3.63) is 54.1 Å². The molecule has 1 aliphatic heterocycles. The summed E-state index contributed by atoms with van der Waals surface area (Å²) in [7, 11) is 3.10. The molecule has 0 bridgehead atoms. The topological polar surface area (TPSA) is 67.9 Å². The molecule has 0 saturated carbocycles. The zero-order valence-corrected chi connectivity index (χ0v) is 15.6. The number of hydrogen-bond donors (Lipinski definition) is 1. The lowest BCUT2D eigenvalue weighted by atomic mass is 9.95. The quantitative estimate of drug-likeness (QED) is 0.880. The number of benzene rings is 2. The number of piperidine rings is 1. The van der Waals surface area contributed by atoms with E-state index in [1.54, 1.807) is 37.3 Å². The van der Waals surface area contributed by atoms with Crippen molar-refractivity contribution >= 4 is 17.5 Å². The summed E-state index contributed by atoms with van der Waals surface area (Å²) in [5, 5.41) is 2.94. The highest BCUT2D eigenvalue weighted by atomic mass is 16.5. The van der Waals surface area contributed by atoms with Crippen LogP contribution in [-0.4, -0.2) is 44.0 Å². The Hall–Kier alpha value is -3.02. The number of nitrogens with one attached hydrogen (secondary N) is 1. The van der Waals surface area contributed by atoms with E-state index in [2.05, 4.69) is 5.32 Å². The molecule has 1 aliphatic rings. The third-order valence-corrected chi connectivity index (χ3v) is 4.83. The van der Waals surface area contributed by atoms with Crippen molar-refractivity contribution in [1.29, 1.82) is 0 Å². The Labute approximate surface area is 159 Å². The largest absolute Gasteiger partial charge is 0.497 e. The monoisotopic (exact) mass is 368 g/mol. The number of likely N-dealkylation sites (tertiary alicyclic amines) is 1. The third-order valence-electron chi connectivity index (χ3n) is 4.83. The molecule has 1 fully saturated rings. The van der Waals surface area contributed by atoms with Gasteiger partial charge < -0.3 is 19.7 Å². The molecule has 2 amide bonds. The van der Waals surface area contributed by atoms with Gasteiger partial charge >= 0.3 is 0 Å². The zero-order valence-electron chi connectivity index (χ0n) is 15.6. The summed E-state index contributed by atoms with van der Waals surface area (Å²) in [5.74, 6) is 0.933. The van der Waals surface area contributed by atoms with E-state index in [-0.39, 0.29) is 17.7 Å². The predicted octanol–water partition coefficient (Wildman–Crippen LogP) is 3.19. The van der Waals surface area contributed by atoms with Crippen LogP contribution >= 0.6 is 0 Å². The van der Waals surface area contributed by atoms with Gasteiger partial charge in [-0.1, -0.05) is 18.2 Å². The van der Waals surface area contributed by atoms with Crippen LogP contribution in [0.25, 0.3) is 0 Å². The van der Waals surface area contributed by atoms with Gasteiger partial charge in [-0.25, -0.2) is 0 Å². The first kappa shape index (κ1) is 18.8. The van der Waals surface area contributed by atoms with Gasteiger partial charge in [-0.15, -0.1) is 0 Å². The van der Waals surface area contributed by atoms with Crippen LogP contribution in [0.4, 0.5) is 5.69 Å². The molecule has 1 saturated heterocycles. The predicted molar refractivity (Wildman–Crippen MR) is 103 cm³/mol. The molecule has 27 heavy (non-hydrogen) atoms. The molecule has 1 heterocycles.